The minimum Gasteiger partial charge on any atom is -0.343 e. The Labute approximate surface area is 125 Å². The van der Waals surface area contributed by atoms with Gasteiger partial charge in [-0.3, -0.25) is 0 Å². The summed E-state index contributed by atoms with van der Waals surface area (Å²) in [5, 5.41) is 3.17. The van der Waals surface area contributed by atoms with Crippen LogP contribution in [0.15, 0.2) is 53.7 Å². The Kier molecular flexibility index (Phi) is 3.60. The maximum Gasteiger partial charge on any atom is 0.416 e. The number of anilines is 1. The van der Waals surface area contributed by atoms with Crippen molar-refractivity contribution in [3.05, 3.63) is 70.1 Å². The van der Waals surface area contributed by atoms with Gasteiger partial charge in [-0.15, -0.1) is 4.91 Å². The minimum atomic E-state index is -4.37. The van der Waals surface area contributed by atoms with Crippen LogP contribution in [0.3, 0.4) is 0 Å². The van der Waals surface area contributed by atoms with Crippen LogP contribution < -0.4 is 4.90 Å². The molecule has 2 aromatic rings. The fraction of sp³-hybridized carbons (Fsp3) is 0.250. The Morgan fingerprint density at radius 3 is 2.36 bits per heavy atom. The molecular formula is C16H13F3N2O. The smallest absolute Gasteiger partial charge is 0.343 e. The number of alkyl halides is 3. The number of halogens is 3. The zero-order chi connectivity index (χ0) is 15.7. The summed E-state index contributed by atoms with van der Waals surface area (Å²) in [5.41, 5.74) is 1.72. The summed E-state index contributed by atoms with van der Waals surface area (Å²) in [5.74, 6) is 0. The molecule has 0 saturated carbocycles. The predicted molar refractivity (Wildman–Crippen MR) is 77.5 cm³/mol. The molecule has 0 bridgehead atoms. The van der Waals surface area contributed by atoms with Crippen molar-refractivity contribution in [3.8, 4) is 0 Å². The van der Waals surface area contributed by atoms with Crippen LogP contribution in [-0.4, -0.2) is 6.54 Å². The maximum absolute atomic E-state index is 12.6. The molecule has 0 fully saturated rings. The predicted octanol–water partition coefficient (Wildman–Crippen LogP) is 4.53. The molecule has 6 heteroatoms. The second-order valence-corrected chi connectivity index (χ2v) is 5.17. The number of hydrogen-bond acceptors (Lipinski definition) is 3. The fourth-order valence-electron chi connectivity index (χ4n) is 2.77. The van der Waals surface area contributed by atoms with E-state index in [1.807, 2.05) is 24.3 Å². The molecule has 0 aliphatic carbocycles. The summed E-state index contributed by atoms with van der Waals surface area (Å²) in [6.45, 7) is 0.540. The number of benzene rings is 2. The Morgan fingerprint density at radius 1 is 1.05 bits per heavy atom. The van der Waals surface area contributed by atoms with Gasteiger partial charge in [-0.25, -0.2) is 0 Å². The molecule has 0 saturated heterocycles. The zero-order valence-corrected chi connectivity index (χ0v) is 11.5. The van der Waals surface area contributed by atoms with E-state index in [4.69, 9.17) is 0 Å². The highest BCUT2D eigenvalue weighted by Crippen LogP contribution is 2.36. The number of rotatable bonds is 2. The van der Waals surface area contributed by atoms with E-state index in [1.54, 1.807) is 4.90 Å². The highest BCUT2D eigenvalue weighted by Gasteiger charge is 2.32. The van der Waals surface area contributed by atoms with Crippen LogP contribution in [0.5, 0.6) is 0 Å². The molecule has 0 aromatic heterocycles. The van der Waals surface area contributed by atoms with Gasteiger partial charge in [0.2, 0.25) is 0 Å². The van der Waals surface area contributed by atoms with E-state index in [1.165, 1.54) is 12.1 Å². The highest BCUT2D eigenvalue weighted by atomic mass is 19.4. The normalized spacial score (nSPS) is 18.0. The molecule has 0 spiro atoms. The Morgan fingerprint density at radius 2 is 1.73 bits per heavy atom. The first kappa shape index (κ1) is 14.6. The van der Waals surface area contributed by atoms with Crippen molar-refractivity contribution in [2.24, 2.45) is 5.18 Å². The van der Waals surface area contributed by atoms with E-state index >= 15 is 0 Å². The van der Waals surface area contributed by atoms with Crippen LogP contribution in [0.4, 0.5) is 18.9 Å². The monoisotopic (exact) mass is 306 g/mol. The van der Waals surface area contributed by atoms with Gasteiger partial charge in [-0.05, 0) is 41.4 Å². The molecule has 3 nitrogen and oxygen atoms in total. The van der Waals surface area contributed by atoms with Crippen molar-refractivity contribution in [2.45, 2.75) is 18.8 Å². The molecule has 0 unspecified atom stereocenters. The van der Waals surface area contributed by atoms with Gasteiger partial charge in [-0.2, -0.15) is 13.2 Å². The highest BCUT2D eigenvalue weighted by molar-refractivity contribution is 5.53. The van der Waals surface area contributed by atoms with Crippen molar-refractivity contribution in [2.75, 3.05) is 11.4 Å². The van der Waals surface area contributed by atoms with E-state index < -0.39 is 17.9 Å². The number of nitrogens with zero attached hydrogens (tertiary/aromatic N) is 2. The first-order chi connectivity index (χ1) is 10.5. The summed E-state index contributed by atoms with van der Waals surface area (Å²) in [6.07, 6.45) is -4.35. The van der Waals surface area contributed by atoms with Gasteiger partial charge in [0.25, 0.3) is 0 Å². The summed E-state index contributed by atoms with van der Waals surface area (Å²) in [6, 6.07) is 12.3. The summed E-state index contributed by atoms with van der Waals surface area (Å²) < 4.78 is 37.9. The average Bonchev–Trinajstić information content (AvgIpc) is 2.53. The molecule has 1 aliphatic rings. The molecule has 1 aliphatic heterocycles. The van der Waals surface area contributed by atoms with Gasteiger partial charge < -0.3 is 4.90 Å². The third kappa shape index (κ3) is 2.56. The van der Waals surface area contributed by atoms with Crippen molar-refractivity contribution < 1.29 is 13.2 Å². The molecule has 22 heavy (non-hydrogen) atoms. The lowest BCUT2D eigenvalue weighted by atomic mass is 9.96. The van der Waals surface area contributed by atoms with E-state index in [0.29, 0.717) is 12.2 Å². The quantitative estimate of drug-likeness (QED) is 0.763. The summed E-state index contributed by atoms with van der Waals surface area (Å²) in [7, 11) is 0. The molecule has 0 radical (unpaired) electrons. The molecule has 0 N–H and O–H groups in total. The SMILES string of the molecule is O=N[C@H]1c2ccccc2CCN1c1ccc(C(F)(F)F)cc1. The van der Waals surface area contributed by atoms with Gasteiger partial charge in [0.05, 0.1) is 5.56 Å². The van der Waals surface area contributed by atoms with Gasteiger partial charge in [0.1, 0.15) is 0 Å². The van der Waals surface area contributed by atoms with Crippen molar-refractivity contribution >= 4 is 5.69 Å². The number of fused-ring (bicyclic) bond motifs is 1. The fourth-order valence-corrected chi connectivity index (χ4v) is 2.77. The lowest BCUT2D eigenvalue weighted by Gasteiger charge is -2.34. The Bertz CT molecular complexity index is 683. The lowest BCUT2D eigenvalue weighted by Crippen LogP contribution is -2.34. The third-order valence-corrected chi connectivity index (χ3v) is 3.88. The van der Waals surface area contributed by atoms with Crippen LogP contribution in [-0.2, 0) is 12.6 Å². The van der Waals surface area contributed by atoms with Crippen LogP contribution in [0.2, 0.25) is 0 Å². The van der Waals surface area contributed by atoms with Crippen LogP contribution >= 0.6 is 0 Å². The minimum absolute atomic E-state index is 0.540. The molecule has 1 atom stereocenters. The van der Waals surface area contributed by atoms with Gasteiger partial charge in [0, 0.05) is 17.8 Å². The topological polar surface area (TPSA) is 32.7 Å². The van der Waals surface area contributed by atoms with Crippen LogP contribution in [0, 0.1) is 4.91 Å². The summed E-state index contributed by atoms with van der Waals surface area (Å²) >= 11 is 0. The van der Waals surface area contributed by atoms with Gasteiger partial charge in [0.15, 0.2) is 6.17 Å². The van der Waals surface area contributed by atoms with Gasteiger partial charge in [-0.1, -0.05) is 24.3 Å². The van der Waals surface area contributed by atoms with Gasteiger partial charge >= 0.3 is 6.18 Å². The largest absolute Gasteiger partial charge is 0.416 e. The Balaban J connectivity index is 1.94. The first-order valence-electron chi connectivity index (χ1n) is 6.85. The molecule has 2 aromatic carbocycles. The number of hydrogen-bond donors (Lipinski definition) is 0. The van der Waals surface area contributed by atoms with E-state index in [9.17, 15) is 18.1 Å². The van der Waals surface area contributed by atoms with Crippen molar-refractivity contribution in [1.82, 2.24) is 0 Å². The van der Waals surface area contributed by atoms with Crippen LogP contribution in [0.1, 0.15) is 22.9 Å². The van der Waals surface area contributed by atoms with E-state index in [2.05, 4.69) is 5.18 Å². The van der Waals surface area contributed by atoms with Crippen molar-refractivity contribution in [3.63, 3.8) is 0 Å². The Hall–Kier alpha value is -2.37. The third-order valence-electron chi connectivity index (χ3n) is 3.88. The second kappa shape index (κ2) is 5.44. The molecular weight excluding hydrogens is 293 g/mol. The standard InChI is InChI=1S/C16H13F3N2O/c17-16(18,19)12-5-7-13(8-6-12)21-10-9-11-3-1-2-4-14(11)15(21)20-22/h1-8,15H,9-10H2/t15-/m1/s1. The summed E-state index contributed by atoms with van der Waals surface area (Å²) in [4.78, 5) is 13.0. The molecule has 3 rings (SSSR count). The molecule has 1 heterocycles. The number of nitroso groups, excluding NO2 is 1. The molecule has 0 amide bonds. The second-order valence-electron chi connectivity index (χ2n) is 5.17. The molecule has 114 valence electrons. The maximum atomic E-state index is 12.6. The van der Waals surface area contributed by atoms with Crippen molar-refractivity contribution in [1.29, 1.82) is 0 Å². The van der Waals surface area contributed by atoms with E-state index in [0.717, 1.165) is 29.7 Å². The first-order valence-corrected chi connectivity index (χ1v) is 6.85. The lowest BCUT2D eigenvalue weighted by molar-refractivity contribution is -0.137. The van der Waals surface area contributed by atoms with E-state index in [-0.39, 0.29) is 0 Å². The van der Waals surface area contributed by atoms with Crippen LogP contribution in [0.25, 0.3) is 0 Å². The average molecular weight is 306 g/mol. The zero-order valence-electron chi connectivity index (χ0n) is 11.5.